The molecule has 1 saturated carbocycles. The molecule has 0 saturated heterocycles. The summed E-state index contributed by atoms with van der Waals surface area (Å²) in [6.45, 7) is 6.30. The number of tetrazole rings is 1. The zero-order valence-electron chi connectivity index (χ0n) is 13.6. The molecule has 1 aliphatic carbocycles. The molecule has 1 heterocycles. The van der Waals surface area contributed by atoms with E-state index in [9.17, 15) is 4.79 Å². The van der Waals surface area contributed by atoms with Crippen LogP contribution in [0.3, 0.4) is 0 Å². The van der Waals surface area contributed by atoms with Crippen LogP contribution in [-0.2, 0) is 4.79 Å². The molecule has 0 spiro atoms. The first-order chi connectivity index (χ1) is 10.9. The summed E-state index contributed by atoms with van der Waals surface area (Å²) >= 11 is 1.63. The van der Waals surface area contributed by atoms with Crippen LogP contribution in [-0.4, -0.2) is 36.6 Å². The van der Waals surface area contributed by atoms with E-state index in [-0.39, 0.29) is 10.7 Å². The summed E-state index contributed by atoms with van der Waals surface area (Å²) < 4.78 is 1.97. The van der Waals surface area contributed by atoms with Gasteiger partial charge < -0.3 is 5.32 Å². The van der Waals surface area contributed by atoms with E-state index in [0.29, 0.717) is 11.8 Å². The van der Waals surface area contributed by atoms with E-state index in [1.165, 1.54) is 0 Å². The maximum atomic E-state index is 12.0. The molecule has 1 aromatic heterocycles. The minimum Gasteiger partial charge on any atom is -0.325 e. The van der Waals surface area contributed by atoms with E-state index in [1.54, 1.807) is 11.8 Å². The van der Waals surface area contributed by atoms with Gasteiger partial charge in [-0.2, -0.15) is 0 Å². The fourth-order valence-corrected chi connectivity index (χ4v) is 2.77. The number of anilines is 1. The summed E-state index contributed by atoms with van der Waals surface area (Å²) in [5, 5.41) is 14.8. The Morgan fingerprint density at radius 2 is 2.00 bits per heavy atom. The molecule has 23 heavy (non-hydrogen) atoms. The maximum absolute atomic E-state index is 12.0. The Bertz CT molecular complexity index is 685. The normalized spacial score (nSPS) is 14.7. The smallest absolute Gasteiger partial charge is 0.234 e. The maximum Gasteiger partial charge on any atom is 0.234 e. The van der Waals surface area contributed by atoms with Crippen molar-refractivity contribution in [3.8, 4) is 11.4 Å². The first-order valence-electron chi connectivity index (χ1n) is 7.74. The van der Waals surface area contributed by atoms with Crippen molar-refractivity contribution >= 4 is 23.4 Å². The number of carbonyl (C=O) groups is 1. The van der Waals surface area contributed by atoms with Gasteiger partial charge in [0.15, 0.2) is 5.82 Å². The number of carbonyl (C=O) groups excluding carboxylic acids is 1. The summed E-state index contributed by atoms with van der Waals surface area (Å²) in [5.41, 5.74) is 1.75. The van der Waals surface area contributed by atoms with E-state index in [0.717, 1.165) is 29.9 Å². The highest BCUT2D eigenvalue weighted by molar-refractivity contribution is 8.01. The van der Waals surface area contributed by atoms with Gasteiger partial charge in [-0.05, 0) is 47.5 Å². The lowest BCUT2D eigenvalue weighted by atomic mass is 10.2. The molecule has 122 valence electrons. The number of rotatable bonds is 5. The van der Waals surface area contributed by atoms with Crippen LogP contribution in [0.5, 0.6) is 0 Å². The Balaban J connectivity index is 1.63. The second kappa shape index (κ2) is 6.31. The molecule has 1 aromatic carbocycles. The van der Waals surface area contributed by atoms with Gasteiger partial charge in [-0.3, -0.25) is 4.79 Å². The van der Waals surface area contributed by atoms with Gasteiger partial charge in [0.1, 0.15) is 0 Å². The van der Waals surface area contributed by atoms with Crippen molar-refractivity contribution in [2.24, 2.45) is 0 Å². The van der Waals surface area contributed by atoms with Gasteiger partial charge in [0, 0.05) is 16.0 Å². The fourth-order valence-electron chi connectivity index (χ4n) is 2.13. The number of aromatic nitrogens is 4. The number of thioether (sulfide) groups is 1. The van der Waals surface area contributed by atoms with Crippen molar-refractivity contribution < 1.29 is 4.79 Å². The first kappa shape index (κ1) is 16.0. The molecule has 1 fully saturated rings. The number of hydrogen-bond donors (Lipinski definition) is 1. The lowest BCUT2D eigenvalue weighted by Gasteiger charge is -2.17. The number of nitrogens with one attached hydrogen (secondary N) is 1. The van der Waals surface area contributed by atoms with Crippen LogP contribution in [0, 0.1) is 0 Å². The van der Waals surface area contributed by atoms with Crippen LogP contribution >= 0.6 is 11.8 Å². The molecule has 0 radical (unpaired) electrons. The van der Waals surface area contributed by atoms with Gasteiger partial charge in [-0.1, -0.05) is 20.8 Å². The second-order valence-corrected chi connectivity index (χ2v) is 8.51. The highest BCUT2D eigenvalue weighted by Gasteiger charge is 2.28. The largest absolute Gasteiger partial charge is 0.325 e. The Hall–Kier alpha value is -1.89. The molecular weight excluding hydrogens is 310 g/mol. The number of hydrogen-bond acceptors (Lipinski definition) is 5. The number of amides is 1. The molecule has 0 unspecified atom stereocenters. The van der Waals surface area contributed by atoms with Crippen LogP contribution in [0.15, 0.2) is 24.3 Å². The molecule has 0 bridgehead atoms. The van der Waals surface area contributed by atoms with E-state index in [1.807, 2.05) is 28.9 Å². The van der Waals surface area contributed by atoms with Crippen molar-refractivity contribution in [1.29, 1.82) is 0 Å². The third-order valence-electron chi connectivity index (χ3n) is 3.45. The van der Waals surface area contributed by atoms with E-state index in [2.05, 4.69) is 41.6 Å². The summed E-state index contributed by atoms with van der Waals surface area (Å²) in [7, 11) is 0. The van der Waals surface area contributed by atoms with Gasteiger partial charge in [0.2, 0.25) is 5.91 Å². The summed E-state index contributed by atoms with van der Waals surface area (Å²) in [4.78, 5) is 12.0. The average Bonchev–Trinajstić information content (AvgIpc) is 3.23. The quantitative estimate of drug-likeness (QED) is 0.911. The molecule has 1 amide bonds. The number of benzene rings is 1. The van der Waals surface area contributed by atoms with Crippen molar-refractivity contribution in [3.05, 3.63) is 24.3 Å². The SMILES string of the molecule is CC(C)(C)SCC(=O)Nc1ccc(-c2nnnn2C2CC2)cc1. The predicted molar refractivity (Wildman–Crippen MR) is 92.4 cm³/mol. The third kappa shape index (κ3) is 4.31. The molecule has 7 heteroatoms. The minimum atomic E-state index is 0.0143. The summed E-state index contributed by atoms with van der Waals surface area (Å²) in [6, 6.07) is 8.10. The molecule has 0 aliphatic heterocycles. The molecule has 0 atom stereocenters. The fraction of sp³-hybridized carbons (Fsp3) is 0.500. The minimum absolute atomic E-state index is 0.0143. The lowest BCUT2D eigenvalue weighted by Crippen LogP contribution is -2.18. The van der Waals surface area contributed by atoms with Crippen LogP contribution in [0.2, 0.25) is 0 Å². The zero-order valence-corrected chi connectivity index (χ0v) is 14.4. The van der Waals surface area contributed by atoms with E-state index >= 15 is 0 Å². The standard InChI is InChI=1S/C16H21N5OS/c1-16(2,3)23-10-14(22)17-12-6-4-11(5-7-12)15-18-19-20-21(15)13-8-9-13/h4-7,13H,8-10H2,1-3H3,(H,17,22). The van der Waals surface area contributed by atoms with Crippen LogP contribution in [0.25, 0.3) is 11.4 Å². The van der Waals surface area contributed by atoms with Gasteiger partial charge >= 0.3 is 0 Å². The van der Waals surface area contributed by atoms with E-state index in [4.69, 9.17) is 0 Å². The average molecular weight is 331 g/mol. The Kier molecular flexibility index (Phi) is 4.39. The Morgan fingerprint density at radius 3 is 2.61 bits per heavy atom. The van der Waals surface area contributed by atoms with Crippen molar-refractivity contribution in [1.82, 2.24) is 20.2 Å². The summed E-state index contributed by atoms with van der Waals surface area (Å²) in [5.74, 6) is 1.25. The molecule has 1 N–H and O–H groups in total. The lowest BCUT2D eigenvalue weighted by molar-refractivity contribution is -0.113. The highest BCUT2D eigenvalue weighted by Crippen LogP contribution is 2.36. The van der Waals surface area contributed by atoms with Crippen LogP contribution in [0.1, 0.15) is 39.7 Å². The molecule has 2 aromatic rings. The van der Waals surface area contributed by atoms with E-state index < -0.39 is 0 Å². The van der Waals surface area contributed by atoms with Gasteiger partial charge in [-0.15, -0.1) is 16.9 Å². The second-order valence-electron chi connectivity index (χ2n) is 6.70. The van der Waals surface area contributed by atoms with Crippen molar-refractivity contribution in [2.75, 3.05) is 11.1 Å². The molecule has 6 nitrogen and oxygen atoms in total. The molecule has 1 aliphatic rings. The molecule has 3 rings (SSSR count). The van der Waals surface area contributed by atoms with Gasteiger partial charge in [0.05, 0.1) is 11.8 Å². The highest BCUT2D eigenvalue weighted by atomic mass is 32.2. The third-order valence-corrected chi connectivity index (χ3v) is 4.72. The topological polar surface area (TPSA) is 72.7 Å². The Labute approximate surface area is 140 Å². The van der Waals surface area contributed by atoms with Crippen molar-refractivity contribution in [3.63, 3.8) is 0 Å². The zero-order chi connectivity index (χ0) is 16.4. The monoisotopic (exact) mass is 331 g/mol. The van der Waals surface area contributed by atoms with Crippen LogP contribution in [0.4, 0.5) is 5.69 Å². The van der Waals surface area contributed by atoms with Crippen molar-refractivity contribution in [2.45, 2.75) is 44.4 Å². The van der Waals surface area contributed by atoms with Gasteiger partial charge in [0.25, 0.3) is 0 Å². The predicted octanol–water partition coefficient (Wildman–Crippen LogP) is 3.15. The first-order valence-corrected chi connectivity index (χ1v) is 8.73. The van der Waals surface area contributed by atoms with Gasteiger partial charge in [-0.25, -0.2) is 4.68 Å². The van der Waals surface area contributed by atoms with Crippen LogP contribution < -0.4 is 5.32 Å². The number of nitrogens with zero attached hydrogens (tertiary/aromatic N) is 4. The molecular formula is C16H21N5OS. The Morgan fingerprint density at radius 1 is 1.30 bits per heavy atom. The summed E-state index contributed by atoms with van der Waals surface area (Å²) in [6.07, 6.45) is 2.27.